The molecule has 4 heterocycles. The monoisotopic (exact) mass is 504 g/mol. The molecule has 0 radical (unpaired) electrons. The Morgan fingerprint density at radius 2 is 2.03 bits per heavy atom. The average molecular weight is 505 g/mol. The molecule has 4 aromatic rings. The summed E-state index contributed by atoms with van der Waals surface area (Å²) in [7, 11) is -3.82. The third kappa shape index (κ3) is 3.53. The van der Waals surface area contributed by atoms with Crippen LogP contribution in [0.1, 0.15) is 50.6 Å². The molecule has 1 saturated carbocycles. The number of imidazole rings is 1. The van der Waals surface area contributed by atoms with Gasteiger partial charge in [0.15, 0.2) is 5.65 Å². The Kier molecular flexibility index (Phi) is 5.41. The van der Waals surface area contributed by atoms with Gasteiger partial charge < -0.3 is 14.6 Å². The highest BCUT2D eigenvalue weighted by molar-refractivity contribution is 7.90. The lowest BCUT2D eigenvalue weighted by molar-refractivity contribution is 0.178. The fourth-order valence-electron chi connectivity index (χ4n) is 5.79. The van der Waals surface area contributed by atoms with E-state index in [0.29, 0.717) is 28.8 Å². The molecule has 0 bridgehead atoms. The molecule has 0 amide bonds. The fourth-order valence-corrected chi connectivity index (χ4v) is 7.11. The number of rotatable bonds is 7. The molecule has 2 fully saturated rings. The molecule has 9 nitrogen and oxygen atoms in total. The minimum atomic E-state index is -3.82. The molecule has 2 aliphatic rings. The van der Waals surface area contributed by atoms with Gasteiger partial charge >= 0.3 is 0 Å². The van der Waals surface area contributed by atoms with E-state index in [1.807, 2.05) is 0 Å². The minimum absolute atomic E-state index is 0.105. The highest BCUT2D eigenvalue weighted by atomic mass is 32.2. The van der Waals surface area contributed by atoms with Gasteiger partial charge in [0, 0.05) is 36.5 Å². The van der Waals surface area contributed by atoms with Gasteiger partial charge in [0.05, 0.1) is 28.7 Å². The summed E-state index contributed by atoms with van der Waals surface area (Å²) in [5.41, 5.74) is 1.91. The van der Waals surface area contributed by atoms with Crippen molar-refractivity contribution in [2.45, 2.75) is 49.6 Å². The van der Waals surface area contributed by atoms with Gasteiger partial charge in [-0.25, -0.2) is 22.4 Å². The van der Waals surface area contributed by atoms with Crippen molar-refractivity contribution in [1.29, 1.82) is 5.26 Å². The lowest BCUT2D eigenvalue weighted by Crippen LogP contribution is -2.23. The van der Waals surface area contributed by atoms with Crippen LogP contribution in [0.3, 0.4) is 0 Å². The molecule has 36 heavy (non-hydrogen) atoms. The Balaban J connectivity index is 1.51. The SMILES string of the molecule is CC(O)c1nc2cnc3c(ccn3S(=O)(=O)c3ccccc3)c2n1[C@@H]1CN(CCCC#N)CC12CC2. The Bertz CT molecular complexity index is 1600. The predicted molar refractivity (Wildman–Crippen MR) is 135 cm³/mol. The van der Waals surface area contributed by atoms with Crippen molar-refractivity contribution in [2.24, 2.45) is 5.41 Å². The number of nitriles is 1. The van der Waals surface area contributed by atoms with Crippen LogP contribution in [0.15, 0.2) is 53.7 Å². The molecule has 1 aromatic carbocycles. The first kappa shape index (κ1) is 23.2. The van der Waals surface area contributed by atoms with E-state index >= 15 is 0 Å². The lowest BCUT2D eigenvalue weighted by Gasteiger charge is -2.23. The lowest BCUT2D eigenvalue weighted by atomic mass is 10.00. The van der Waals surface area contributed by atoms with Crippen LogP contribution in [0.2, 0.25) is 0 Å². The highest BCUT2D eigenvalue weighted by Crippen LogP contribution is 2.59. The number of aromatic nitrogens is 4. The molecule has 10 heteroatoms. The summed E-state index contributed by atoms with van der Waals surface area (Å²) in [4.78, 5) is 11.9. The number of aliphatic hydroxyl groups excluding tert-OH is 1. The number of benzene rings is 1. The van der Waals surface area contributed by atoms with Crippen molar-refractivity contribution in [3.8, 4) is 6.07 Å². The predicted octanol–water partition coefficient (Wildman–Crippen LogP) is 3.62. The molecule has 2 atom stereocenters. The van der Waals surface area contributed by atoms with Crippen LogP contribution in [0.5, 0.6) is 0 Å². The summed E-state index contributed by atoms with van der Waals surface area (Å²) in [5.74, 6) is 0.577. The smallest absolute Gasteiger partial charge is 0.269 e. The minimum Gasteiger partial charge on any atom is -0.385 e. The van der Waals surface area contributed by atoms with Crippen LogP contribution in [-0.4, -0.2) is 56.6 Å². The van der Waals surface area contributed by atoms with Crippen molar-refractivity contribution in [3.63, 3.8) is 0 Å². The van der Waals surface area contributed by atoms with Crippen LogP contribution in [-0.2, 0) is 10.0 Å². The Hall–Kier alpha value is -3.26. The number of likely N-dealkylation sites (tertiary alicyclic amines) is 1. The van der Waals surface area contributed by atoms with Crippen LogP contribution in [0, 0.1) is 16.7 Å². The summed E-state index contributed by atoms with van der Waals surface area (Å²) >= 11 is 0. The summed E-state index contributed by atoms with van der Waals surface area (Å²) in [6.45, 7) is 4.35. The molecule has 1 unspecified atom stereocenters. The zero-order valence-electron chi connectivity index (χ0n) is 20.1. The molecule has 1 aliphatic carbocycles. The molecule has 3 aromatic heterocycles. The largest absolute Gasteiger partial charge is 0.385 e. The van der Waals surface area contributed by atoms with E-state index in [1.165, 1.54) is 3.97 Å². The molecule has 1 aliphatic heterocycles. The second-order valence-corrected chi connectivity index (χ2v) is 11.9. The van der Waals surface area contributed by atoms with E-state index in [9.17, 15) is 13.5 Å². The highest BCUT2D eigenvalue weighted by Gasteiger charge is 2.56. The first-order valence-corrected chi connectivity index (χ1v) is 13.8. The maximum atomic E-state index is 13.4. The standard InChI is InChI=1S/C26H28N6O3S/c1-18(33)24-29-21-15-28-25-20(9-14-31(25)36(34,35)19-7-3-2-4-8-19)23(21)32(24)22-16-30(13-6-5-12-27)17-26(22)10-11-26/h2-4,7-9,14-15,18,22,33H,5-6,10-11,13,16-17H2,1H3/t18?,22-/m1/s1. The summed E-state index contributed by atoms with van der Waals surface area (Å²) in [6, 6.07) is 12.5. The first-order chi connectivity index (χ1) is 17.4. The quantitative estimate of drug-likeness (QED) is 0.382. The van der Waals surface area contributed by atoms with Gasteiger partial charge in [-0.1, -0.05) is 18.2 Å². The van der Waals surface area contributed by atoms with Gasteiger partial charge in [0.2, 0.25) is 0 Å². The molecular formula is C26H28N6O3S. The van der Waals surface area contributed by atoms with E-state index in [2.05, 4.69) is 20.5 Å². The average Bonchev–Trinajstić information content (AvgIpc) is 3.19. The number of pyridine rings is 1. The summed E-state index contributed by atoms with van der Waals surface area (Å²) < 4.78 is 30.2. The van der Waals surface area contributed by atoms with E-state index < -0.39 is 16.1 Å². The van der Waals surface area contributed by atoms with Crippen molar-refractivity contribution >= 4 is 32.1 Å². The topological polar surface area (TPSA) is 117 Å². The van der Waals surface area contributed by atoms with Gasteiger partial charge in [-0.2, -0.15) is 5.26 Å². The molecule has 186 valence electrons. The summed E-state index contributed by atoms with van der Waals surface area (Å²) in [6.07, 6.45) is 5.95. The van der Waals surface area contributed by atoms with Gasteiger partial charge in [0.1, 0.15) is 17.4 Å². The number of nitrogens with zero attached hydrogens (tertiary/aromatic N) is 6. The second-order valence-electron chi connectivity index (χ2n) is 10.0. The van der Waals surface area contributed by atoms with Crippen LogP contribution >= 0.6 is 0 Å². The van der Waals surface area contributed by atoms with Crippen molar-refractivity contribution < 1.29 is 13.5 Å². The molecule has 1 N–H and O–H groups in total. The number of hydrogen-bond donors (Lipinski definition) is 1. The number of aliphatic hydroxyl groups is 1. The van der Waals surface area contributed by atoms with Gasteiger partial charge in [0.25, 0.3) is 10.0 Å². The maximum absolute atomic E-state index is 13.4. The van der Waals surface area contributed by atoms with E-state index in [4.69, 9.17) is 10.2 Å². The number of fused-ring (bicyclic) bond motifs is 3. The van der Waals surface area contributed by atoms with E-state index in [0.717, 1.165) is 44.4 Å². The number of unbranched alkanes of at least 4 members (excludes halogenated alkanes) is 1. The van der Waals surface area contributed by atoms with Crippen LogP contribution < -0.4 is 0 Å². The van der Waals surface area contributed by atoms with Crippen molar-refractivity contribution in [1.82, 2.24) is 23.4 Å². The molecule has 1 spiro atoms. The van der Waals surface area contributed by atoms with Crippen LogP contribution in [0.4, 0.5) is 0 Å². The molecule has 1 saturated heterocycles. The van der Waals surface area contributed by atoms with E-state index in [1.54, 1.807) is 55.7 Å². The Labute approximate surface area is 209 Å². The van der Waals surface area contributed by atoms with Gasteiger partial charge in [-0.3, -0.25) is 0 Å². The van der Waals surface area contributed by atoms with Crippen LogP contribution in [0.25, 0.3) is 22.1 Å². The van der Waals surface area contributed by atoms with Crippen molar-refractivity contribution in [3.05, 3.63) is 54.6 Å². The third-order valence-electron chi connectivity index (χ3n) is 7.67. The third-order valence-corrected chi connectivity index (χ3v) is 9.35. The fraction of sp³-hybridized carbons (Fsp3) is 0.423. The second kappa shape index (κ2) is 8.40. The zero-order chi connectivity index (χ0) is 25.1. The number of hydrogen-bond acceptors (Lipinski definition) is 7. The molecular weight excluding hydrogens is 476 g/mol. The zero-order valence-corrected chi connectivity index (χ0v) is 20.9. The van der Waals surface area contributed by atoms with E-state index in [-0.39, 0.29) is 16.4 Å². The first-order valence-electron chi connectivity index (χ1n) is 12.3. The maximum Gasteiger partial charge on any atom is 0.269 e. The normalized spacial score (nSPS) is 20.3. The van der Waals surface area contributed by atoms with Crippen molar-refractivity contribution in [2.75, 3.05) is 19.6 Å². The van der Waals surface area contributed by atoms with Gasteiger partial charge in [-0.15, -0.1) is 0 Å². The Morgan fingerprint density at radius 3 is 2.72 bits per heavy atom. The van der Waals surface area contributed by atoms with Gasteiger partial charge in [-0.05, 0) is 50.9 Å². The molecule has 6 rings (SSSR count). The summed E-state index contributed by atoms with van der Waals surface area (Å²) in [5, 5.41) is 20.3. The Morgan fingerprint density at radius 1 is 1.25 bits per heavy atom.